The second-order valence-corrected chi connectivity index (χ2v) is 10.1. The Labute approximate surface area is 201 Å². The molecule has 0 saturated heterocycles. The fourth-order valence-electron chi connectivity index (χ4n) is 5.27. The molecule has 0 atom stereocenters. The first-order valence-corrected chi connectivity index (χ1v) is 14.5. The summed E-state index contributed by atoms with van der Waals surface area (Å²) in [5, 5.41) is 11.4. The molecule has 1 nitrogen and oxygen atoms in total. The molecule has 1 aromatic carbocycles. The molecule has 0 unspecified atom stereocenters. The minimum absolute atomic E-state index is 0.665. The number of aromatic hydroxyl groups is 1. The third-order valence-corrected chi connectivity index (χ3v) is 7.30. The van der Waals surface area contributed by atoms with Crippen molar-refractivity contribution in [2.24, 2.45) is 0 Å². The molecule has 0 heterocycles. The Morgan fingerprint density at radius 3 is 1.25 bits per heavy atom. The molecule has 0 fully saturated rings. The smallest absolute Gasteiger partial charge is 0.122 e. The zero-order valence-electron chi connectivity index (χ0n) is 22.6. The summed E-state index contributed by atoms with van der Waals surface area (Å²) in [6.07, 6.45) is 25.4. The van der Waals surface area contributed by atoms with E-state index in [0.717, 1.165) is 19.3 Å². The molecule has 1 aromatic rings. The SMILES string of the molecule is CCCCCCCc1c(C)c(CCC)c(O)c(CCCCCCC)c1CCCCCCC. The summed E-state index contributed by atoms with van der Waals surface area (Å²) in [5.41, 5.74) is 7.16. The topological polar surface area (TPSA) is 20.2 Å². The molecule has 0 saturated carbocycles. The zero-order valence-corrected chi connectivity index (χ0v) is 22.6. The van der Waals surface area contributed by atoms with E-state index >= 15 is 0 Å². The lowest BCUT2D eigenvalue weighted by Gasteiger charge is -2.23. The molecule has 0 aliphatic carbocycles. The summed E-state index contributed by atoms with van der Waals surface area (Å²) in [6, 6.07) is 0. The van der Waals surface area contributed by atoms with Gasteiger partial charge in [0.15, 0.2) is 0 Å². The quantitative estimate of drug-likeness (QED) is 0.198. The maximum atomic E-state index is 11.4. The Morgan fingerprint density at radius 2 is 0.812 bits per heavy atom. The first kappa shape index (κ1) is 29.1. The Kier molecular flexibility index (Phi) is 16.7. The summed E-state index contributed by atoms with van der Waals surface area (Å²) >= 11 is 0. The number of benzene rings is 1. The van der Waals surface area contributed by atoms with Gasteiger partial charge in [0, 0.05) is 0 Å². The Bertz CT molecular complexity index is 560. The maximum absolute atomic E-state index is 11.4. The molecule has 1 rings (SSSR count). The molecular weight excluding hydrogens is 388 g/mol. The molecule has 32 heavy (non-hydrogen) atoms. The molecule has 0 aliphatic rings. The normalized spacial score (nSPS) is 11.4. The molecular formula is C31H56O. The van der Waals surface area contributed by atoms with Gasteiger partial charge in [-0.2, -0.15) is 0 Å². The molecule has 1 N–H and O–H groups in total. The number of rotatable bonds is 20. The third kappa shape index (κ3) is 10.3. The van der Waals surface area contributed by atoms with Crippen LogP contribution in [-0.4, -0.2) is 5.11 Å². The van der Waals surface area contributed by atoms with Crippen LogP contribution < -0.4 is 0 Å². The van der Waals surface area contributed by atoms with Crippen LogP contribution in [0.2, 0.25) is 0 Å². The summed E-state index contributed by atoms with van der Waals surface area (Å²) in [4.78, 5) is 0. The number of hydrogen-bond donors (Lipinski definition) is 1. The Hall–Kier alpha value is -0.980. The van der Waals surface area contributed by atoms with E-state index in [-0.39, 0.29) is 0 Å². The van der Waals surface area contributed by atoms with Crippen molar-refractivity contribution in [3.8, 4) is 5.75 Å². The van der Waals surface area contributed by atoms with Crippen LogP contribution in [0.5, 0.6) is 5.75 Å². The molecule has 0 bridgehead atoms. The van der Waals surface area contributed by atoms with Gasteiger partial charge in [-0.05, 0) is 79.7 Å². The molecule has 0 aliphatic heterocycles. The van der Waals surface area contributed by atoms with Crippen LogP contribution in [0.3, 0.4) is 0 Å². The van der Waals surface area contributed by atoms with Crippen molar-refractivity contribution in [2.45, 2.75) is 163 Å². The Morgan fingerprint density at radius 1 is 0.406 bits per heavy atom. The number of unbranched alkanes of at least 4 members (excludes halogenated alkanes) is 12. The van der Waals surface area contributed by atoms with Gasteiger partial charge in [0.1, 0.15) is 5.75 Å². The second kappa shape index (κ2) is 18.4. The van der Waals surface area contributed by atoms with Crippen LogP contribution in [0.15, 0.2) is 0 Å². The van der Waals surface area contributed by atoms with Crippen molar-refractivity contribution < 1.29 is 5.11 Å². The standard InChI is InChI=1S/C31H56O/c1-6-10-13-16-19-23-27-26(5)28(22-9-4)31(32)30(25-21-18-15-12-8-3)29(27)24-20-17-14-11-7-2/h32H,6-25H2,1-5H3. The predicted molar refractivity (Wildman–Crippen MR) is 144 cm³/mol. The van der Waals surface area contributed by atoms with Crippen molar-refractivity contribution in [2.75, 3.05) is 0 Å². The van der Waals surface area contributed by atoms with E-state index in [0.29, 0.717) is 5.75 Å². The van der Waals surface area contributed by atoms with E-state index in [1.54, 1.807) is 11.1 Å². The lowest BCUT2D eigenvalue weighted by atomic mass is 9.83. The van der Waals surface area contributed by atoms with E-state index in [4.69, 9.17) is 0 Å². The predicted octanol–water partition coefficient (Wildman–Crippen LogP) is 10.2. The van der Waals surface area contributed by atoms with Gasteiger partial charge >= 0.3 is 0 Å². The molecule has 1 heteroatoms. The van der Waals surface area contributed by atoms with Crippen molar-refractivity contribution >= 4 is 0 Å². The molecule has 0 aromatic heterocycles. The van der Waals surface area contributed by atoms with Crippen molar-refractivity contribution in [1.82, 2.24) is 0 Å². The lowest BCUT2D eigenvalue weighted by Crippen LogP contribution is -2.09. The van der Waals surface area contributed by atoms with Gasteiger partial charge in [0.05, 0.1) is 0 Å². The monoisotopic (exact) mass is 444 g/mol. The van der Waals surface area contributed by atoms with Crippen LogP contribution in [0, 0.1) is 6.92 Å². The van der Waals surface area contributed by atoms with Crippen LogP contribution >= 0.6 is 0 Å². The highest BCUT2D eigenvalue weighted by Gasteiger charge is 2.20. The second-order valence-electron chi connectivity index (χ2n) is 10.1. The molecule has 0 radical (unpaired) electrons. The van der Waals surface area contributed by atoms with Crippen LogP contribution in [0.1, 0.15) is 158 Å². The third-order valence-electron chi connectivity index (χ3n) is 7.30. The van der Waals surface area contributed by atoms with Crippen molar-refractivity contribution in [3.63, 3.8) is 0 Å². The van der Waals surface area contributed by atoms with E-state index in [1.807, 2.05) is 0 Å². The maximum Gasteiger partial charge on any atom is 0.122 e. The first-order chi connectivity index (χ1) is 15.6. The largest absolute Gasteiger partial charge is 0.507 e. The summed E-state index contributed by atoms with van der Waals surface area (Å²) in [5.74, 6) is 0.665. The number of phenolic OH excluding ortho intramolecular Hbond substituents is 1. The van der Waals surface area contributed by atoms with Crippen LogP contribution in [-0.2, 0) is 25.7 Å². The highest BCUT2D eigenvalue weighted by molar-refractivity contribution is 5.55. The zero-order chi connectivity index (χ0) is 23.6. The lowest BCUT2D eigenvalue weighted by molar-refractivity contribution is 0.455. The van der Waals surface area contributed by atoms with Gasteiger partial charge < -0.3 is 5.11 Å². The van der Waals surface area contributed by atoms with E-state index in [2.05, 4.69) is 34.6 Å². The van der Waals surface area contributed by atoms with Crippen molar-refractivity contribution in [3.05, 3.63) is 27.8 Å². The van der Waals surface area contributed by atoms with Gasteiger partial charge in [0.25, 0.3) is 0 Å². The van der Waals surface area contributed by atoms with E-state index < -0.39 is 0 Å². The van der Waals surface area contributed by atoms with Crippen LogP contribution in [0.4, 0.5) is 0 Å². The minimum Gasteiger partial charge on any atom is -0.507 e. The average Bonchev–Trinajstić information content (AvgIpc) is 2.79. The van der Waals surface area contributed by atoms with Crippen LogP contribution in [0.25, 0.3) is 0 Å². The van der Waals surface area contributed by atoms with Crippen molar-refractivity contribution in [1.29, 1.82) is 0 Å². The first-order valence-electron chi connectivity index (χ1n) is 14.5. The van der Waals surface area contributed by atoms with Gasteiger partial charge in [-0.1, -0.05) is 111 Å². The Balaban J connectivity index is 3.13. The highest BCUT2D eigenvalue weighted by Crippen LogP contribution is 2.37. The van der Waals surface area contributed by atoms with E-state index in [9.17, 15) is 5.11 Å². The summed E-state index contributed by atoms with van der Waals surface area (Å²) in [6.45, 7) is 11.4. The fraction of sp³-hybridized carbons (Fsp3) is 0.806. The average molecular weight is 445 g/mol. The minimum atomic E-state index is 0.665. The number of hydrogen-bond acceptors (Lipinski definition) is 1. The molecule has 186 valence electrons. The molecule has 0 amide bonds. The van der Waals surface area contributed by atoms with E-state index in [1.165, 1.54) is 126 Å². The van der Waals surface area contributed by atoms with Gasteiger partial charge in [-0.25, -0.2) is 0 Å². The summed E-state index contributed by atoms with van der Waals surface area (Å²) in [7, 11) is 0. The fourth-order valence-corrected chi connectivity index (χ4v) is 5.27. The molecule has 0 spiro atoms. The van der Waals surface area contributed by atoms with Gasteiger partial charge in [-0.3, -0.25) is 0 Å². The number of phenols is 1. The van der Waals surface area contributed by atoms with Gasteiger partial charge in [0.2, 0.25) is 0 Å². The summed E-state index contributed by atoms with van der Waals surface area (Å²) < 4.78 is 0. The van der Waals surface area contributed by atoms with Gasteiger partial charge in [-0.15, -0.1) is 0 Å². The highest BCUT2D eigenvalue weighted by atomic mass is 16.3.